The molecule has 0 bridgehead atoms. The maximum absolute atomic E-state index is 13.2. The fraction of sp³-hybridized carbons (Fsp3) is 0.562. The molecule has 1 rings (SSSR count). The molecule has 0 spiro atoms. The zero-order valence-electron chi connectivity index (χ0n) is 14.4. The van der Waals surface area contributed by atoms with Crippen LogP contribution in [0.15, 0.2) is 29.3 Å². The maximum Gasteiger partial charge on any atom is 0.193 e. The van der Waals surface area contributed by atoms with Gasteiger partial charge in [-0.25, -0.2) is 4.39 Å². The summed E-state index contributed by atoms with van der Waals surface area (Å²) in [6.45, 7) is 3.92. The van der Waals surface area contributed by atoms with Crippen molar-refractivity contribution in [2.75, 3.05) is 54.5 Å². The van der Waals surface area contributed by atoms with Gasteiger partial charge in [0.1, 0.15) is 5.82 Å². The number of nitrogens with one attached hydrogen (secondary N) is 1. The van der Waals surface area contributed by atoms with Crippen molar-refractivity contribution in [1.29, 1.82) is 0 Å². The van der Waals surface area contributed by atoms with E-state index in [9.17, 15) is 4.39 Å². The summed E-state index contributed by atoms with van der Waals surface area (Å²) < 4.78 is 18.3. The third kappa shape index (κ3) is 9.07. The lowest BCUT2D eigenvalue weighted by atomic mass is 10.2. The van der Waals surface area contributed by atoms with Crippen molar-refractivity contribution < 1.29 is 9.13 Å². The smallest absolute Gasteiger partial charge is 0.193 e. The van der Waals surface area contributed by atoms with Crippen LogP contribution in [0, 0.1) is 5.82 Å². The number of aliphatic imine (C=N–C) groups is 1. The van der Waals surface area contributed by atoms with Crippen LogP contribution in [0.25, 0.3) is 0 Å². The first kappa shape index (κ1) is 22.1. The van der Waals surface area contributed by atoms with E-state index < -0.39 is 0 Å². The highest BCUT2D eigenvalue weighted by molar-refractivity contribution is 14.0. The molecule has 1 aromatic carbocycles. The van der Waals surface area contributed by atoms with Crippen molar-refractivity contribution in [2.45, 2.75) is 6.54 Å². The zero-order valence-corrected chi connectivity index (χ0v) is 16.7. The van der Waals surface area contributed by atoms with Gasteiger partial charge in [-0.2, -0.15) is 0 Å². The minimum atomic E-state index is -0.214. The summed E-state index contributed by atoms with van der Waals surface area (Å²) in [6.07, 6.45) is 0. The van der Waals surface area contributed by atoms with Crippen LogP contribution in [0.5, 0.6) is 0 Å². The molecular weight excluding hydrogens is 410 g/mol. The molecule has 0 aliphatic heterocycles. The molecule has 132 valence electrons. The Hall–Kier alpha value is -0.930. The average molecular weight is 438 g/mol. The molecular formula is C16H28FIN4O. The van der Waals surface area contributed by atoms with E-state index in [0.717, 1.165) is 37.8 Å². The highest BCUT2D eigenvalue weighted by atomic mass is 127. The Morgan fingerprint density at radius 3 is 2.65 bits per heavy atom. The average Bonchev–Trinajstić information content (AvgIpc) is 2.49. The van der Waals surface area contributed by atoms with Gasteiger partial charge in [-0.1, -0.05) is 12.1 Å². The lowest BCUT2D eigenvalue weighted by Crippen LogP contribution is -2.42. The molecule has 0 saturated heterocycles. The van der Waals surface area contributed by atoms with Crippen LogP contribution in [0.2, 0.25) is 0 Å². The van der Waals surface area contributed by atoms with Crippen LogP contribution in [0.4, 0.5) is 4.39 Å². The minimum absolute atomic E-state index is 0. The first-order chi connectivity index (χ1) is 10.6. The van der Waals surface area contributed by atoms with Crippen LogP contribution < -0.4 is 5.32 Å². The largest absolute Gasteiger partial charge is 0.383 e. The van der Waals surface area contributed by atoms with Crippen LogP contribution >= 0.6 is 24.0 Å². The van der Waals surface area contributed by atoms with Gasteiger partial charge in [-0.05, 0) is 24.7 Å². The second kappa shape index (κ2) is 12.5. The summed E-state index contributed by atoms with van der Waals surface area (Å²) in [7, 11) is 7.45. The second-order valence-electron chi connectivity index (χ2n) is 5.26. The number of hydrogen-bond acceptors (Lipinski definition) is 3. The molecule has 0 aliphatic rings. The SMILES string of the molecule is CN=C(NCCN(C)CCOC)N(C)Cc1cccc(F)c1.I. The van der Waals surface area contributed by atoms with Gasteiger partial charge in [0.25, 0.3) is 0 Å². The standard InChI is InChI=1S/C16H27FN4O.HI/c1-18-16(19-8-9-20(2)10-11-22-4)21(3)13-14-6-5-7-15(17)12-14;/h5-7,12H,8-11,13H2,1-4H3,(H,18,19);1H. The monoisotopic (exact) mass is 438 g/mol. The Balaban J connectivity index is 0.00000484. The van der Waals surface area contributed by atoms with E-state index in [-0.39, 0.29) is 29.8 Å². The summed E-state index contributed by atoms with van der Waals surface area (Å²) in [6, 6.07) is 6.62. The molecule has 0 aromatic heterocycles. The van der Waals surface area contributed by atoms with E-state index in [2.05, 4.69) is 22.3 Å². The molecule has 0 amide bonds. The number of likely N-dealkylation sites (N-methyl/N-ethyl adjacent to an activating group) is 1. The fourth-order valence-electron chi connectivity index (χ4n) is 2.09. The molecule has 0 fully saturated rings. The van der Waals surface area contributed by atoms with E-state index in [0.29, 0.717) is 6.54 Å². The number of benzene rings is 1. The summed E-state index contributed by atoms with van der Waals surface area (Å²) in [5, 5.41) is 3.31. The molecule has 0 heterocycles. The lowest BCUT2D eigenvalue weighted by molar-refractivity contribution is 0.162. The van der Waals surface area contributed by atoms with Gasteiger partial charge >= 0.3 is 0 Å². The highest BCUT2D eigenvalue weighted by Crippen LogP contribution is 2.06. The van der Waals surface area contributed by atoms with Crippen molar-refractivity contribution in [3.8, 4) is 0 Å². The summed E-state index contributed by atoms with van der Waals surface area (Å²) in [4.78, 5) is 8.43. The van der Waals surface area contributed by atoms with Crippen LogP contribution in [-0.4, -0.2) is 70.3 Å². The first-order valence-electron chi connectivity index (χ1n) is 7.40. The molecule has 7 heteroatoms. The number of hydrogen-bond donors (Lipinski definition) is 1. The van der Waals surface area contributed by atoms with E-state index >= 15 is 0 Å². The first-order valence-corrected chi connectivity index (χ1v) is 7.40. The fourth-order valence-corrected chi connectivity index (χ4v) is 2.09. The van der Waals surface area contributed by atoms with E-state index in [1.165, 1.54) is 6.07 Å². The third-order valence-corrected chi connectivity index (χ3v) is 3.34. The zero-order chi connectivity index (χ0) is 16.4. The Morgan fingerprint density at radius 1 is 1.30 bits per heavy atom. The van der Waals surface area contributed by atoms with Crippen molar-refractivity contribution in [3.05, 3.63) is 35.6 Å². The van der Waals surface area contributed by atoms with Crippen molar-refractivity contribution in [1.82, 2.24) is 15.1 Å². The van der Waals surface area contributed by atoms with Gasteiger partial charge in [0.2, 0.25) is 0 Å². The Kier molecular flexibility index (Phi) is 12.0. The normalized spacial score (nSPS) is 11.3. The molecule has 5 nitrogen and oxygen atoms in total. The van der Waals surface area contributed by atoms with Gasteiger partial charge in [0, 0.05) is 47.4 Å². The van der Waals surface area contributed by atoms with Crippen molar-refractivity contribution in [2.24, 2.45) is 4.99 Å². The van der Waals surface area contributed by atoms with Crippen molar-refractivity contribution >= 4 is 29.9 Å². The Bertz CT molecular complexity index is 473. The molecule has 0 atom stereocenters. The molecule has 1 N–H and O–H groups in total. The summed E-state index contributed by atoms with van der Waals surface area (Å²) in [5.74, 6) is 0.581. The van der Waals surface area contributed by atoms with Crippen LogP contribution in [-0.2, 0) is 11.3 Å². The second-order valence-corrected chi connectivity index (χ2v) is 5.26. The molecule has 0 aliphatic carbocycles. The van der Waals surface area contributed by atoms with Gasteiger partial charge < -0.3 is 19.9 Å². The van der Waals surface area contributed by atoms with Gasteiger partial charge in [0.05, 0.1) is 6.61 Å². The number of halogens is 2. The quantitative estimate of drug-likeness (QED) is 0.383. The lowest BCUT2D eigenvalue weighted by Gasteiger charge is -2.23. The van der Waals surface area contributed by atoms with Gasteiger partial charge in [-0.3, -0.25) is 4.99 Å². The molecule has 1 aromatic rings. The van der Waals surface area contributed by atoms with E-state index in [4.69, 9.17) is 4.74 Å². The Morgan fingerprint density at radius 2 is 2.04 bits per heavy atom. The maximum atomic E-state index is 13.2. The predicted octanol–water partition coefficient (Wildman–Crippen LogP) is 2.03. The number of rotatable bonds is 8. The van der Waals surface area contributed by atoms with Crippen LogP contribution in [0.3, 0.4) is 0 Å². The Labute approximate surface area is 155 Å². The van der Waals surface area contributed by atoms with Crippen LogP contribution in [0.1, 0.15) is 5.56 Å². The van der Waals surface area contributed by atoms with Crippen molar-refractivity contribution in [3.63, 3.8) is 0 Å². The van der Waals surface area contributed by atoms with Gasteiger partial charge in [0.15, 0.2) is 5.96 Å². The topological polar surface area (TPSA) is 40.1 Å². The van der Waals surface area contributed by atoms with E-state index in [1.807, 2.05) is 18.0 Å². The predicted molar refractivity (Wildman–Crippen MR) is 104 cm³/mol. The van der Waals surface area contributed by atoms with E-state index in [1.54, 1.807) is 26.3 Å². The molecule has 0 radical (unpaired) electrons. The van der Waals surface area contributed by atoms with Gasteiger partial charge in [-0.15, -0.1) is 24.0 Å². The third-order valence-electron chi connectivity index (χ3n) is 3.34. The minimum Gasteiger partial charge on any atom is -0.383 e. The number of methoxy groups -OCH3 is 1. The molecule has 0 unspecified atom stereocenters. The summed E-state index contributed by atoms with van der Waals surface area (Å²) in [5.41, 5.74) is 0.919. The molecule has 23 heavy (non-hydrogen) atoms. The highest BCUT2D eigenvalue weighted by Gasteiger charge is 2.07. The number of guanidine groups is 1. The number of ether oxygens (including phenoxy) is 1. The summed E-state index contributed by atoms with van der Waals surface area (Å²) >= 11 is 0. The number of nitrogens with zero attached hydrogens (tertiary/aromatic N) is 3. The molecule has 0 saturated carbocycles.